The summed E-state index contributed by atoms with van der Waals surface area (Å²) in [4.78, 5) is 21.4. The highest BCUT2D eigenvalue weighted by molar-refractivity contribution is 5.99. The maximum absolute atomic E-state index is 12.3. The Bertz CT molecular complexity index is 750. The lowest BCUT2D eigenvalue weighted by Crippen LogP contribution is -2.29. The fourth-order valence-electron chi connectivity index (χ4n) is 3.07. The maximum atomic E-state index is 12.3. The molecular formula is C18H21N3O. The third kappa shape index (κ3) is 2.86. The van der Waals surface area contributed by atoms with Gasteiger partial charge in [0, 0.05) is 12.1 Å². The van der Waals surface area contributed by atoms with E-state index in [0.29, 0.717) is 17.9 Å². The topological polar surface area (TPSA) is 54.9 Å². The average Bonchev–Trinajstić information content (AvgIpc) is 2.35. The number of carbonyl (C=O) groups excluding carboxylic acids is 1. The lowest BCUT2D eigenvalue weighted by Gasteiger charge is -2.30. The molecule has 4 heteroatoms. The van der Waals surface area contributed by atoms with E-state index in [2.05, 4.69) is 29.1 Å². The SMILES string of the molecule is Cc1cccc(Nc2nc(C)c3c(n2)CC(C)(C)CC3=O)c1. The van der Waals surface area contributed by atoms with Crippen LogP contribution in [0.25, 0.3) is 0 Å². The number of Topliss-reactive ketones (excluding diaryl/α,β-unsaturated/α-hetero) is 1. The number of fused-ring (bicyclic) bond motifs is 1. The monoisotopic (exact) mass is 295 g/mol. The summed E-state index contributed by atoms with van der Waals surface area (Å²) in [6, 6.07) is 8.08. The van der Waals surface area contributed by atoms with Gasteiger partial charge in [-0.2, -0.15) is 0 Å². The number of carbonyl (C=O) groups is 1. The van der Waals surface area contributed by atoms with Gasteiger partial charge in [-0.05, 0) is 43.4 Å². The molecule has 1 aromatic carbocycles. The number of rotatable bonds is 2. The van der Waals surface area contributed by atoms with Gasteiger partial charge >= 0.3 is 0 Å². The minimum atomic E-state index is -0.0362. The summed E-state index contributed by atoms with van der Waals surface area (Å²) in [5, 5.41) is 3.24. The quantitative estimate of drug-likeness (QED) is 0.910. The molecule has 0 bridgehead atoms. The van der Waals surface area contributed by atoms with Crippen LogP contribution >= 0.6 is 0 Å². The summed E-state index contributed by atoms with van der Waals surface area (Å²) in [6.45, 7) is 8.15. The first kappa shape index (κ1) is 14.7. The third-order valence-corrected chi connectivity index (χ3v) is 4.00. The number of nitrogens with one attached hydrogen (secondary N) is 1. The maximum Gasteiger partial charge on any atom is 0.227 e. The number of hydrogen-bond donors (Lipinski definition) is 1. The molecule has 1 aliphatic rings. The van der Waals surface area contributed by atoms with Crippen molar-refractivity contribution in [3.8, 4) is 0 Å². The molecule has 0 unspecified atom stereocenters. The molecule has 0 saturated heterocycles. The van der Waals surface area contributed by atoms with Gasteiger partial charge < -0.3 is 5.32 Å². The van der Waals surface area contributed by atoms with E-state index < -0.39 is 0 Å². The molecule has 114 valence electrons. The van der Waals surface area contributed by atoms with Crippen LogP contribution in [-0.4, -0.2) is 15.8 Å². The van der Waals surface area contributed by atoms with E-state index in [-0.39, 0.29) is 11.2 Å². The van der Waals surface area contributed by atoms with Crippen molar-refractivity contribution in [2.24, 2.45) is 5.41 Å². The van der Waals surface area contributed by atoms with Gasteiger partial charge in [-0.25, -0.2) is 9.97 Å². The molecule has 3 rings (SSSR count). The van der Waals surface area contributed by atoms with Crippen molar-refractivity contribution in [3.63, 3.8) is 0 Å². The lowest BCUT2D eigenvalue weighted by molar-refractivity contribution is 0.0909. The van der Waals surface area contributed by atoms with E-state index in [0.717, 1.165) is 23.5 Å². The van der Waals surface area contributed by atoms with Gasteiger partial charge in [0.2, 0.25) is 5.95 Å². The zero-order valence-electron chi connectivity index (χ0n) is 13.5. The highest BCUT2D eigenvalue weighted by atomic mass is 16.1. The van der Waals surface area contributed by atoms with Crippen LogP contribution in [0.2, 0.25) is 0 Å². The first-order chi connectivity index (χ1) is 10.3. The second kappa shape index (κ2) is 5.20. The lowest BCUT2D eigenvalue weighted by atomic mass is 9.75. The molecule has 0 atom stereocenters. The molecule has 0 amide bonds. The van der Waals surface area contributed by atoms with Crippen LogP contribution < -0.4 is 5.32 Å². The van der Waals surface area contributed by atoms with E-state index >= 15 is 0 Å². The van der Waals surface area contributed by atoms with Crippen LogP contribution in [0.4, 0.5) is 11.6 Å². The molecule has 1 N–H and O–H groups in total. The van der Waals surface area contributed by atoms with Gasteiger partial charge in [-0.1, -0.05) is 26.0 Å². The summed E-state index contributed by atoms with van der Waals surface area (Å²) < 4.78 is 0. The Morgan fingerprint density at radius 2 is 1.91 bits per heavy atom. The van der Waals surface area contributed by atoms with Crippen LogP contribution in [0.1, 0.15) is 47.6 Å². The molecule has 4 nitrogen and oxygen atoms in total. The van der Waals surface area contributed by atoms with Crippen molar-refractivity contribution in [2.75, 3.05) is 5.32 Å². The van der Waals surface area contributed by atoms with Crippen LogP contribution in [0, 0.1) is 19.3 Å². The highest BCUT2D eigenvalue weighted by Gasteiger charge is 2.33. The summed E-state index contributed by atoms with van der Waals surface area (Å²) in [7, 11) is 0. The number of aryl methyl sites for hydroxylation is 2. The number of aromatic nitrogens is 2. The second-order valence-electron chi connectivity index (χ2n) is 6.89. The Hall–Kier alpha value is -2.23. The first-order valence-corrected chi connectivity index (χ1v) is 7.58. The van der Waals surface area contributed by atoms with Gasteiger partial charge in [-0.3, -0.25) is 4.79 Å². The minimum Gasteiger partial charge on any atom is -0.324 e. The Kier molecular flexibility index (Phi) is 3.47. The van der Waals surface area contributed by atoms with E-state index in [1.807, 2.05) is 38.1 Å². The smallest absolute Gasteiger partial charge is 0.227 e. The molecule has 0 fully saturated rings. The van der Waals surface area contributed by atoms with Crippen LogP contribution in [0.5, 0.6) is 0 Å². The summed E-state index contributed by atoms with van der Waals surface area (Å²) in [5.41, 5.74) is 4.45. The van der Waals surface area contributed by atoms with Crippen molar-refractivity contribution in [1.82, 2.24) is 9.97 Å². The minimum absolute atomic E-state index is 0.0362. The molecule has 0 spiro atoms. The number of hydrogen-bond acceptors (Lipinski definition) is 4. The molecule has 0 radical (unpaired) electrons. The third-order valence-electron chi connectivity index (χ3n) is 4.00. The number of benzene rings is 1. The molecule has 22 heavy (non-hydrogen) atoms. The molecule has 1 aromatic heterocycles. The zero-order valence-corrected chi connectivity index (χ0v) is 13.5. The number of ketones is 1. The number of nitrogens with zero attached hydrogens (tertiary/aromatic N) is 2. The summed E-state index contributed by atoms with van der Waals surface area (Å²) in [6.07, 6.45) is 1.37. The van der Waals surface area contributed by atoms with E-state index in [1.165, 1.54) is 5.56 Å². The average molecular weight is 295 g/mol. The molecule has 1 aliphatic carbocycles. The summed E-state index contributed by atoms with van der Waals surface area (Å²) in [5.74, 6) is 0.721. The van der Waals surface area contributed by atoms with Crippen LogP contribution in [0.15, 0.2) is 24.3 Å². The molecule has 0 saturated carbocycles. The van der Waals surface area contributed by atoms with Gasteiger partial charge in [0.05, 0.1) is 17.0 Å². The van der Waals surface area contributed by atoms with Gasteiger partial charge in [0.25, 0.3) is 0 Å². The van der Waals surface area contributed by atoms with Crippen molar-refractivity contribution < 1.29 is 4.79 Å². The van der Waals surface area contributed by atoms with Crippen molar-refractivity contribution in [2.45, 2.75) is 40.5 Å². The fourth-order valence-corrected chi connectivity index (χ4v) is 3.07. The Labute approximate surface area is 131 Å². The molecule has 2 aromatic rings. The van der Waals surface area contributed by atoms with E-state index in [4.69, 9.17) is 0 Å². The second-order valence-corrected chi connectivity index (χ2v) is 6.89. The van der Waals surface area contributed by atoms with Gasteiger partial charge in [0.1, 0.15) is 0 Å². The summed E-state index contributed by atoms with van der Waals surface area (Å²) >= 11 is 0. The van der Waals surface area contributed by atoms with Crippen molar-refractivity contribution >= 4 is 17.4 Å². The van der Waals surface area contributed by atoms with Crippen molar-refractivity contribution in [3.05, 3.63) is 46.8 Å². The molecular weight excluding hydrogens is 274 g/mol. The van der Waals surface area contributed by atoms with Gasteiger partial charge in [-0.15, -0.1) is 0 Å². The molecule has 1 heterocycles. The Balaban J connectivity index is 1.98. The predicted molar refractivity (Wildman–Crippen MR) is 87.7 cm³/mol. The normalized spacial score (nSPS) is 16.3. The number of anilines is 2. The Morgan fingerprint density at radius 1 is 1.14 bits per heavy atom. The van der Waals surface area contributed by atoms with E-state index in [1.54, 1.807) is 0 Å². The van der Waals surface area contributed by atoms with Crippen molar-refractivity contribution in [1.29, 1.82) is 0 Å². The first-order valence-electron chi connectivity index (χ1n) is 7.58. The largest absolute Gasteiger partial charge is 0.324 e. The fraction of sp³-hybridized carbons (Fsp3) is 0.389. The Morgan fingerprint density at radius 3 is 2.64 bits per heavy atom. The zero-order chi connectivity index (χ0) is 15.9. The molecule has 0 aliphatic heterocycles. The van der Waals surface area contributed by atoms with Gasteiger partial charge in [0.15, 0.2) is 5.78 Å². The van der Waals surface area contributed by atoms with E-state index in [9.17, 15) is 4.79 Å². The predicted octanol–water partition coefficient (Wildman–Crippen LogP) is 3.99. The van der Waals surface area contributed by atoms with Crippen LogP contribution in [0.3, 0.4) is 0 Å². The highest BCUT2D eigenvalue weighted by Crippen LogP contribution is 2.35. The van der Waals surface area contributed by atoms with Crippen LogP contribution in [-0.2, 0) is 6.42 Å². The standard InChI is InChI=1S/C18H21N3O/c1-11-6-5-7-13(8-11)20-17-19-12(2)16-14(21-17)9-18(3,4)10-15(16)22/h5-8H,9-10H2,1-4H3,(H,19,20,21).